The monoisotopic (exact) mass is 367 g/mol. The Morgan fingerprint density at radius 1 is 1.00 bits per heavy atom. The summed E-state index contributed by atoms with van der Waals surface area (Å²) in [5.74, 6) is 0.0520. The standard InChI is InChI=1S/C10H9NO.C9H8N2O2S/c1-8(12)11-7-6-9-4-2-3-5-10(9)11;10-14(12,13)9-5-1-4-8-7(9)3-2-6-11-8/h2-7H,1H3;1-6H,(H2,10,12,13). The molecule has 0 bridgehead atoms. The summed E-state index contributed by atoms with van der Waals surface area (Å²) in [6.45, 7) is 1.56. The van der Waals surface area contributed by atoms with Crippen molar-refractivity contribution in [2.75, 3.05) is 0 Å². The molecule has 6 nitrogen and oxygen atoms in total. The van der Waals surface area contributed by atoms with Gasteiger partial charge in [0, 0.05) is 30.1 Å². The molecule has 0 fully saturated rings. The van der Waals surface area contributed by atoms with Gasteiger partial charge in [-0.25, -0.2) is 13.6 Å². The molecule has 0 atom stereocenters. The molecule has 0 spiro atoms. The molecule has 132 valence electrons. The molecule has 0 aliphatic carbocycles. The second-order valence-corrected chi connectivity index (χ2v) is 7.16. The van der Waals surface area contributed by atoms with E-state index >= 15 is 0 Å². The largest absolute Gasteiger partial charge is 0.287 e. The Morgan fingerprint density at radius 3 is 2.50 bits per heavy atom. The first-order chi connectivity index (χ1) is 12.4. The Bertz CT molecular complexity index is 1190. The quantitative estimate of drug-likeness (QED) is 0.559. The number of carbonyl (C=O) groups is 1. The van der Waals surface area contributed by atoms with E-state index in [9.17, 15) is 13.2 Å². The van der Waals surface area contributed by atoms with Crippen molar-refractivity contribution in [3.05, 3.63) is 73.1 Å². The number of pyridine rings is 1. The number of rotatable bonds is 1. The van der Waals surface area contributed by atoms with Crippen LogP contribution >= 0.6 is 0 Å². The summed E-state index contributed by atoms with van der Waals surface area (Å²) in [5.41, 5.74) is 1.60. The topological polar surface area (TPSA) is 95.0 Å². The van der Waals surface area contributed by atoms with Crippen molar-refractivity contribution in [3.63, 3.8) is 0 Å². The highest BCUT2D eigenvalue weighted by Gasteiger charge is 2.11. The molecule has 0 aliphatic rings. The summed E-state index contributed by atoms with van der Waals surface area (Å²) in [6, 6.07) is 18.0. The molecule has 0 aliphatic heterocycles. The minimum Gasteiger partial charge on any atom is -0.287 e. The molecular weight excluding hydrogens is 350 g/mol. The number of nitrogens with zero attached hydrogens (tertiary/aromatic N) is 2. The lowest BCUT2D eigenvalue weighted by Crippen LogP contribution is -2.12. The van der Waals surface area contributed by atoms with E-state index in [0.717, 1.165) is 10.9 Å². The van der Waals surface area contributed by atoms with Crippen molar-refractivity contribution in [3.8, 4) is 0 Å². The first-order valence-corrected chi connectivity index (χ1v) is 9.36. The summed E-state index contributed by atoms with van der Waals surface area (Å²) in [6.07, 6.45) is 3.41. The van der Waals surface area contributed by atoms with E-state index in [1.807, 2.05) is 30.3 Å². The van der Waals surface area contributed by atoms with Crippen LogP contribution < -0.4 is 5.14 Å². The highest BCUT2D eigenvalue weighted by atomic mass is 32.2. The fourth-order valence-electron chi connectivity index (χ4n) is 2.68. The third-order valence-corrected chi connectivity index (χ3v) is 4.82. The first kappa shape index (κ1) is 17.8. The summed E-state index contributed by atoms with van der Waals surface area (Å²) in [4.78, 5) is 15.2. The van der Waals surface area contributed by atoms with Gasteiger partial charge in [0.25, 0.3) is 0 Å². The second kappa shape index (κ2) is 7.07. The van der Waals surface area contributed by atoms with Crippen molar-refractivity contribution in [2.24, 2.45) is 5.14 Å². The van der Waals surface area contributed by atoms with Gasteiger partial charge in [-0.15, -0.1) is 0 Å². The normalized spacial score (nSPS) is 11.2. The smallest absolute Gasteiger partial charge is 0.238 e. The van der Waals surface area contributed by atoms with Gasteiger partial charge < -0.3 is 0 Å². The summed E-state index contributed by atoms with van der Waals surface area (Å²) in [5, 5.41) is 6.72. The molecule has 7 heteroatoms. The highest BCUT2D eigenvalue weighted by Crippen LogP contribution is 2.19. The predicted octanol–water partition coefficient (Wildman–Crippen LogP) is 3.18. The van der Waals surface area contributed by atoms with Crippen LogP contribution in [0.3, 0.4) is 0 Å². The molecule has 2 N–H and O–H groups in total. The number of hydrogen-bond donors (Lipinski definition) is 1. The van der Waals surface area contributed by atoms with Crippen molar-refractivity contribution in [2.45, 2.75) is 11.8 Å². The van der Waals surface area contributed by atoms with E-state index in [-0.39, 0.29) is 10.8 Å². The molecule has 0 radical (unpaired) electrons. The Labute approximate surface area is 150 Å². The molecule has 0 amide bonds. The van der Waals surface area contributed by atoms with E-state index in [1.54, 1.807) is 48.1 Å². The Kier molecular flexibility index (Phi) is 4.83. The highest BCUT2D eigenvalue weighted by molar-refractivity contribution is 7.89. The Balaban J connectivity index is 0.000000152. The number of aromatic nitrogens is 2. The maximum atomic E-state index is 11.2. The molecule has 26 heavy (non-hydrogen) atoms. The van der Waals surface area contributed by atoms with Crippen LogP contribution in [-0.2, 0) is 10.0 Å². The number of primary sulfonamides is 1. The average Bonchev–Trinajstić information content (AvgIpc) is 3.05. The van der Waals surface area contributed by atoms with Gasteiger partial charge in [0.2, 0.25) is 15.9 Å². The van der Waals surface area contributed by atoms with Gasteiger partial charge in [-0.2, -0.15) is 0 Å². The van der Waals surface area contributed by atoms with Crippen molar-refractivity contribution in [1.82, 2.24) is 9.55 Å². The van der Waals surface area contributed by atoms with Crippen LogP contribution in [0, 0.1) is 0 Å². The van der Waals surface area contributed by atoms with Crippen molar-refractivity contribution in [1.29, 1.82) is 0 Å². The second-order valence-electron chi connectivity index (χ2n) is 5.63. The molecule has 0 saturated carbocycles. The van der Waals surface area contributed by atoms with Gasteiger partial charge in [0.1, 0.15) is 0 Å². The predicted molar refractivity (Wildman–Crippen MR) is 101 cm³/mol. The SMILES string of the molecule is CC(=O)n1ccc2ccccc21.NS(=O)(=O)c1cccc2ncccc12. The first-order valence-electron chi connectivity index (χ1n) is 7.81. The van der Waals surface area contributed by atoms with Crippen LogP contribution in [-0.4, -0.2) is 23.9 Å². The fourth-order valence-corrected chi connectivity index (χ4v) is 3.43. The zero-order valence-electron chi connectivity index (χ0n) is 14.0. The number of carbonyl (C=O) groups excluding carboxylic acids is 1. The van der Waals surface area contributed by atoms with Gasteiger partial charge in [-0.1, -0.05) is 24.3 Å². The van der Waals surface area contributed by atoms with Crippen LogP contribution in [0.5, 0.6) is 0 Å². The minimum atomic E-state index is -3.67. The van der Waals surface area contributed by atoms with Crippen molar-refractivity contribution >= 4 is 37.7 Å². The van der Waals surface area contributed by atoms with Gasteiger partial charge in [0.15, 0.2) is 0 Å². The van der Waals surface area contributed by atoms with Gasteiger partial charge >= 0.3 is 0 Å². The molecule has 2 aromatic heterocycles. The lowest BCUT2D eigenvalue weighted by Gasteiger charge is -2.02. The number of sulfonamides is 1. The average molecular weight is 367 g/mol. The number of hydrogen-bond acceptors (Lipinski definition) is 4. The minimum absolute atomic E-state index is 0.0520. The third-order valence-electron chi connectivity index (χ3n) is 3.85. The van der Waals surface area contributed by atoms with Crippen molar-refractivity contribution < 1.29 is 13.2 Å². The molecule has 2 heterocycles. The molecule has 4 aromatic rings. The maximum Gasteiger partial charge on any atom is 0.238 e. The number of fused-ring (bicyclic) bond motifs is 2. The number of benzene rings is 2. The van der Waals surface area contributed by atoms with Crippen LogP contribution in [0.1, 0.15) is 11.7 Å². The lowest BCUT2D eigenvalue weighted by atomic mass is 10.2. The number of nitrogens with two attached hydrogens (primary N) is 1. The van der Waals surface area contributed by atoms with Crippen LogP contribution in [0.15, 0.2) is 78.0 Å². The van der Waals surface area contributed by atoms with E-state index in [0.29, 0.717) is 10.9 Å². The molecule has 0 unspecified atom stereocenters. The van der Waals surface area contributed by atoms with Crippen LogP contribution in [0.25, 0.3) is 21.8 Å². The molecule has 2 aromatic carbocycles. The van der Waals surface area contributed by atoms with E-state index in [1.165, 1.54) is 6.07 Å². The maximum absolute atomic E-state index is 11.2. The number of para-hydroxylation sites is 1. The van der Waals surface area contributed by atoms with Crippen LogP contribution in [0.2, 0.25) is 0 Å². The molecular formula is C19H17N3O3S. The Hall–Kier alpha value is -3.03. The zero-order chi connectivity index (χ0) is 18.7. The van der Waals surface area contributed by atoms with E-state index < -0.39 is 10.0 Å². The fraction of sp³-hybridized carbons (Fsp3) is 0.0526. The van der Waals surface area contributed by atoms with Gasteiger partial charge in [-0.05, 0) is 36.4 Å². The molecule has 0 saturated heterocycles. The molecule has 4 rings (SSSR count). The van der Waals surface area contributed by atoms with Crippen LogP contribution in [0.4, 0.5) is 0 Å². The summed E-state index contributed by atoms with van der Waals surface area (Å²) < 4.78 is 24.0. The zero-order valence-corrected chi connectivity index (χ0v) is 14.8. The van der Waals surface area contributed by atoms with E-state index in [2.05, 4.69) is 4.98 Å². The third kappa shape index (κ3) is 3.63. The van der Waals surface area contributed by atoms with Gasteiger partial charge in [-0.3, -0.25) is 14.3 Å². The lowest BCUT2D eigenvalue weighted by molar-refractivity contribution is 0.0941. The Morgan fingerprint density at radius 2 is 1.77 bits per heavy atom. The van der Waals surface area contributed by atoms with E-state index in [4.69, 9.17) is 5.14 Å². The van der Waals surface area contributed by atoms with Gasteiger partial charge in [0.05, 0.1) is 15.9 Å². The summed E-state index contributed by atoms with van der Waals surface area (Å²) in [7, 11) is -3.67. The summed E-state index contributed by atoms with van der Waals surface area (Å²) >= 11 is 0.